The SMILES string of the molecule is CC(c1ccc(Cl)cc1Cl)N(C)C(=O)c1cccc(C#N)c1. The first kappa shape index (κ1) is 16.4. The monoisotopic (exact) mass is 332 g/mol. The largest absolute Gasteiger partial charge is 0.335 e. The molecule has 112 valence electrons. The number of carbonyl (C=O) groups excluding carboxylic acids is 1. The Labute approximate surface area is 139 Å². The Morgan fingerprint density at radius 2 is 1.95 bits per heavy atom. The second-order valence-electron chi connectivity index (χ2n) is 4.95. The average Bonchev–Trinajstić information content (AvgIpc) is 2.53. The summed E-state index contributed by atoms with van der Waals surface area (Å²) in [5, 5.41) is 10.00. The second kappa shape index (κ2) is 6.83. The molecule has 2 aromatic rings. The first-order chi connectivity index (χ1) is 10.4. The summed E-state index contributed by atoms with van der Waals surface area (Å²) in [6, 6.07) is 13.6. The third kappa shape index (κ3) is 3.41. The lowest BCUT2D eigenvalue weighted by Crippen LogP contribution is -2.29. The molecule has 2 aromatic carbocycles. The fraction of sp³-hybridized carbons (Fsp3) is 0.176. The topological polar surface area (TPSA) is 44.1 Å². The molecule has 0 aromatic heterocycles. The van der Waals surface area contributed by atoms with Gasteiger partial charge in [-0.25, -0.2) is 0 Å². The third-order valence-electron chi connectivity index (χ3n) is 3.55. The Morgan fingerprint density at radius 3 is 2.59 bits per heavy atom. The lowest BCUT2D eigenvalue weighted by Gasteiger charge is -2.26. The van der Waals surface area contributed by atoms with Crippen LogP contribution in [0.15, 0.2) is 42.5 Å². The number of nitrogens with zero attached hydrogens (tertiary/aromatic N) is 2. The van der Waals surface area contributed by atoms with Crippen LogP contribution in [0.4, 0.5) is 0 Å². The maximum Gasteiger partial charge on any atom is 0.254 e. The Morgan fingerprint density at radius 1 is 1.23 bits per heavy atom. The number of halogens is 2. The molecule has 0 aliphatic carbocycles. The molecule has 1 atom stereocenters. The van der Waals surface area contributed by atoms with Crippen molar-refractivity contribution in [1.82, 2.24) is 4.90 Å². The standard InChI is InChI=1S/C17H14Cl2N2O/c1-11(15-7-6-14(18)9-16(15)19)21(2)17(22)13-5-3-4-12(8-13)10-20/h3-9,11H,1-2H3. The van der Waals surface area contributed by atoms with E-state index in [4.69, 9.17) is 28.5 Å². The van der Waals surface area contributed by atoms with Crippen LogP contribution in [0.3, 0.4) is 0 Å². The maximum absolute atomic E-state index is 12.6. The quantitative estimate of drug-likeness (QED) is 0.817. The van der Waals surface area contributed by atoms with Gasteiger partial charge in [0.1, 0.15) is 0 Å². The summed E-state index contributed by atoms with van der Waals surface area (Å²) in [5.41, 5.74) is 1.74. The van der Waals surface area contributed by atoms with Crippen molar-refractivity contribution in [1.29, 1.82) is 5.26 Å². The Kier molecular flexibility index (Phi) is 5.07. The third-order valence-corrected chi connectivity index (χ3v) is 4.11. The molecule has 2 rings (SSSR count). The Bertz CT molecular complexity index is 753. The molecule has 0 spiro atoms. The smallest absolute Gasteiger partial charge is 0.254 e. The van der Waals surface area contributed by atoms with Gasteiger partial charge in [-0.3, -0.25) is 4.79 Å². The van der Waals surface area contributed by atoms with Crippen molar-refractivity contribution in [3.8, 4) is 6.07 Å². The minimum absolute atomic E-state index is 0.171. The lowest BCUT2D eigenvalue weighted by molar-refractivity contribution is 0.0742. The van der Waals surface area contributed by atoms with Crippen LogP contribution < -0.4 is 0 Å². The number of benzene rings is 2. The van der Waals surface area contributed by atoms with Gasteiger partial charge < -0.3 is 4.90 Å². The summed E-state index contributed by atoms with van der Waals surface area (Å²) in [4.78, 5) is 14.1. The van der Waals surface area contributed by atoms with Gasteiger partial charge in [0.2, 0.25) is 0 Å². The van der Waals surface area contributed by atoms with E-state index >= 15 is 0 Å². The molecule has 0 aliphatic rings. The highest BCUT2D eigenvalue weighted by Crippen LogP contribution is 2.29. The summed E-state index contributed by atoms with van der Waals surface area (Å²) >= 11 is 12.1. The van der Waals surface area contributed by atoms with Crippen LogP contribution in [0.2, 0.25) is 10.0 Å². The fourth-order valence-corrected chi connectivity index (χ4v) is 2.72. The highest BCUT2D eigenvalue weighted by Gasteiger charge is 2.21. The summed E-state index contributed by atoms with van der Waals surface area (Å²) < 4.78 is 0. The number of rotatable bonds is 3. The molecule has 0 radical (unpaired) electrons. The van der Waals surface area contributed by atoms with Gasteiger partial charge in [0.15, 0.2) is 0 Å². The molecule has 3 nitrogen and oxygen atoms in total. The van der Waals surface area contributed by atoms with E-state index < -0.39 is 0 Å². The molecule has 0 N–H and O–H groups in total. The van der Waals surface area contributed by atoms with Crippen LogP contribution in [-0.2, 0) is 0 Å². The van der Waals surface area contributed by atoms with Crippen molar-refractivity contribution in [3.05, 3.63) is 69.2 Å². The van der Waals surface area contributed by atoms with Crippen LogP contribution in [0, 0.1) is 11.3 Å². The van der Waals surface area contributed by atoms with Crippen molar-refractivity contribution < 1.29 is 4.79 Å². The highest BCUT2D eigenvalue weighted by atomic mass is 35.5. The maximum atomic E-state index is 12.6. The number of nitriles is 1. The minimum Gasteiger partial charge on any atom is -0.335 e. The summed E-state index contributed by atoms with van der Waals surface area (Å²) in [6.07, 6.45) is 0. The number of hydrogen-bond acceptors (Lipinski definition) is 2. The first-order valence-corrected chi connectivity index (χ1v) is 7.42. The van der Waals surface area contributed by atoms with E-state index in [9.17, 15) is 4.79 Å². The van der Waals surface area contributed by atoms with E-state index in [2.05, 4.69) is 0 Å². The van der Waals surface area contributed by atoms with Crippen LogP contribution in [0.1, 0.15) is 34.5 Å². The minimum atomic E-state index is -0.219. The number of carbonyl (C=O) groups is 1. The van der Waals surface area contributed by atoms with Crippen LogP contribution in [0.5, 0.6) is 0 Å². The van der Waals surface area contributed by atoms with Crippen molar-refractivity contribution in [2.24, 2.45) is 0 Å². The van der Waals surface area contributed by atoms with Gasteiger partial charge in [0, 0.05) is 22.7 Å². The summed E-state index contributed by atoms with van der Waals surface area (Å²) in [6.45, 7) is 1.89. The molecule has 0 saturated carbocycles. The van der Waals surface area contributed by atoms with Crippen LogP contribution >= 0.6 is 23.2 Å². The van der Waals surface area contributed by atoms with Gasteiger partial charge in [-0.05, 0) is 42.8 Å². The van der Waals surface area contributed by atoms with Gasteiger partial charge in [-0.15, -0.1) is 0 Å². The van der Waals surface area contributed by atoms with E-state index in [0.717, 1.165) is 5.56 Å². The Hall–Kier alpha value is -2.02. The molecular weight excluding hydrogens is 319 g/mol. The van der Waals surface area contributed by atoms with E-state index in [0.29, 0.717) is 21.2 Å². The van der Waals surface area contributed by atoms with Gasteiger partial charge >= 0.3 is 0 Å². The number of amides is 1. The van der Waals surface area contributed by atoms with E-state index in [-0.39, 0.29) is 11.9 Å². The van der Waals surface area contributed by atoms with Gasteiger partial charge in [-0.2, -0.15) is 5.26 Å². The molecule has 0 fully saturated rings. The molecule has 0 bridgehead atoms. The molecule has 1 unspecified atom stereocenters. The predicted octanol–water partition coefficient (Wildman–Crippen LogP) is 4.70. The van der Waals surface area contributed by atoms with Crippen LogP contribution in [0.25, 0.3) is 0 Å². The van der Waals surface area contributed by atoms with Crippen molar-refractivity contribution in [3.63, 3.8) is 0 Å². The molecule has 0 heterocycles. The molecule has 0 aliphatic heterocycles. The highest BCUT2D eigenvalue weighted by molar-refractivity contribution is 6.35. The van der Waals surface area contributed by atoms with Gasteiger partial charge in [-0.1, -0.05) is 35.3 Å². The van der Waals surface area contributed by atoms with Crippen molar-refractivity contribution >= 4 is 29.1 Å². The fourth-order valence-electron chi connectivity index (χ4n) is 2.15. The van der Waals surface area contributed by atoms with E-state index in [1.807, 2.05) is 19.1 Å². The van der Waals surface area contributed by atoms with Gasteiger partial charge in [0.25, 0.3) is 5.91 Å². The van der Waals surface area contributed by atoms with Gasteiger partial charge in [0.05, 0.1) is 17.7 Å². The van der Waals surface area contributed by atoms with E-state index in [1.54, 1.807) is 48.3 Å². The average molecular weight is 333 g/mol. The lowest BCUT2D eigenvalue weighted by atomic mass is 10.1. The second-order valence-corrected chi connectivity index (χ2v) is 5.79. The molecule has 1 amide bonds. The van der Waals surface area contributed by atoms with E-state index in [1.165, 1.54) is 0 Å². The predicted molar refractivity (Wildman–Crippen MR) is 88.1 cm³/mol. The molecule has 22 heavy (non-hydrogen) atoms. The summed E-state index contributed by atoms with van der Waals surface area (Å²) in [5.74, 6) is -0.171. The molecule has 5 heteroatoms. The zero-order chi connectivity index (χ0) is 16.3. The summed E-state index contributed by atoms with van der Waals surface area (Å²) in [7, 11) is 1.71. The normalized spacial score (nSPS) is 11.6. The Balaban J connectivity index is 2.28. The zero-order valence-electron chi connectivity index (χ0n) is 12.2. The zero-order valence-corrected chi connectivity index (χ0v) is 13.7. The molecule has 0 saturated heterocycles. The first-order valence-electron chi connectivity index (χ1n) is 6.66. The van der Waals surface area contributed by atoms with Crippen molar-refractivity contribution in [2.45, 2.75) is 13.0 Å². The van der Waals surface area contributed by atoms with Crippen LogP contribution in [-0.4, -0.2) is 17.9 Å². The number of hydrogen-bond donors (Lipinski definition) is 0. The molecular formula is C17H14Cl2N2O. The van der Waals surface area contributed by atoms with Crippen molar-refractivity contribution in [2.75, 3.05) is 7.05 Å².